The van der Waals surface area contributed by atoms with Gasteiger partial charge >= 0.3 is 17.8 Å². The summed E-state index contributed by atoms with van der Waals surface area (Å²) >= 11 is 0. The van der Waals surface area contributed by atoms with Crippen molar-refractivity contribution in [2.24, 2.45) is 5.92 Å². The second kappa shape index (κ2) is 10.2. The van der Waals surface area contributed by atoms with Gasteiger partial charge in [0.1, 0.15) is 0 Å². The molecule has 0 saturated carbocycles. The molecule has 1 aromatic carbocycles. The Balaban J connectivity index is 1.77. The molecular formula is C21H32N4O5. The van der Waals surface area contributed by atoms with Gasteiger partial charge in [-0.1, -0.05) is 0 Å². The van der Waals surface area contributed by atoms with Gasteiger partial charge in [0.25, 0.3) is 0 Å². The van der Waals surface area contributed by atoms with E-state index in [4.69, 9.17) is 9.47 Å². The number of carbonyl (C=O) groups is 3. The second-order valence-electron chi connectivity index (χ2n) is 8.34. The number of benzene rings is 1. The van der Waals surface area contributed by atoms with Gasteiger partial charge in [-0.05, 0) is 51.7 Å². The summed E-state index contributed by atoms with van der Waals surface area (Å²) in [5.41, 5.74) is 0.161. The van der Waals surface area contributed by atoms with Crippen molar-refractivity contribution in [1.29, 1.82) is 0 Å². The van der Waals surface area contributed by atoms with E-state index in [0.29, 0.717) is 36.8 Å². The number of anilines is 1. The Hall–Kier alpha value is -2.97. The molecule has 1 aromatic rings. The maximum Gasteiger partial charge on any atom is 0.317 e. The predicted molar refractivity (Wildman–Crippen MR) is 114 cm³/mol. The molecule has 0 radical (unpaired) electrons. The van der Waals surface area contributed by atoms with E-state index in [9.17, 15) is 14.4 Å². The van der Waals surface area contributed by atoms with E-state index in [1.165, 1.54) is 14.2 Å². The van der Waals surface area contributed by atoms with Crippen molar-refractivity contribution in [1.82, 2.24) is 15.5 Å². The van der Waals surface area contributed by atoms with Crippen molar-refractivity contribution in [3.05, 3.63) is 18.2 Å². The average molecular weight is 421 g/mol. The number of likely N-dealkylation sites (tertiary alicyclic amines) is 1. The van der Waals surface area contributed by atoms with Crippen molar-refractivity contribution >= 4 is 23.5 Å². The first-order chi connectivity index (χ1) is 14.1. The third kappa shape index (κ3) is 6.82. The molecule has 0 aromatic heterocycles. The Labute approximate surface area is 177 Å². The van der Waals surface area contributed by atoms with Crippen LogP contribution in [-0.4, -0.2) is 62.1 Å². The van der Waals surface area contributed by atoms with Gasteiger partial charge in [-0.25, -0.2) is 4.79 Å². The summed E-state index contributed by atoms with van der Waals surface area (Å²) in [6.07, 6.45) is 1.55. The lowest BCUT2D eigenvalue weighted by Gasteiger charge is -2.34. The number of carbonyl (C=O) groups excluding carboxylic acids is 3. The first-order valence-electron chi connectivity index (χ1n) is 10.0. The fourth-order valence-electron chi connectivity index (χ4n) is 3.16. The quantitative estimate of drug-likeness (QED) is 0.631. The smallest absolute Gasteiger partial charge is 0.317 e. The van der Waals surface area contributed by atoms with Crippen molar-refractivity contribution in [3.8, 4) is 11.5 Å². The first-order valence-corrected chi connectivity index (χ1v) is 10.0. The number of piperidine rings is 1. The highest BCUT2D eigenvalue weighted by molar-refractivity contribution is 6.39. The monoisotopic (exact) mass is 420 g/mol. The predicted octanol–water partition coefficient (Wildman–Crippen LogP) is 1.98. The van der Waals surface area contributed by atoms with Gasteiger partial charge in [0, 0.05) is 36.9 Å². The second-order valence-corrected chi connectivity index (χ2v) is 8.34. The van der Waals surface area contributed by atoms with E-state index in [-0.39, 0.29) is 17.5 Å². The van der Waals surface area contributed by atoms with Crippen LogP contribution >= 0.6 is 0 Å². The van der Waals surface area contributed by atoms with Crippen molar-refractivity contribution in [2.75, 3.05) is 39.2 Å². The number of hydrogen-bond donors (Lipinski definition) is 3. The lowest BCUT2D eigenvalue weighted by Crippen LogP contribution is -2.51. The first kappa shape index (κ1) is 23.3. The zero-order chi connectivity index (χ0) is 22.3. The summed E-state index contributed by atoms with van der Waals surface area (Å²) in [5, 5.41) is 8.19. The number of amides is 4. The molecule has 4 amide bonds. The molecular weight excluding hydrogens is 388 g/mol. The van der Waals surface area contributed by atoms with Crippen LogP contribution in [0.5, 0.6) is 11.5 Å². The van der Waals surface area contributed by atoms with E-state index in [1.807, 2.05) is 20.8 Å². The summed E-state index contributed by atoms with van der Waals surface area (Å²) in [5.74, 6) is -0.233. The molecule has 0 bridgehead atoms. The highest BCUT2D eigenvalue weighted by Crippen LogP contribution is 2.29. The summed E-state index contributed by atoms with van der Waals surface area (Å²) in [6.45, 7) is 7.48. The molecule has 1 heterocycles. The van der Waals surface area contributed by atoms with Gasteiger partial charge in [0.05, 0.1) is 14.2 Å². The topological polar surface area (TPSA) is 109 Å². The van der Waals surface area contributed by atoms with Crippen molar-refractivity contribution < 1.29 is 23.9 Å². The van der Waals surface area contributed by atoms with E-state index in [0.717, 1.165) is 12.8 Å². The molecule has 0 atom stereocenters. The third-order valence-electron chi connectivity index (χ3n) is 4.78. The van der Waals surface area contributed by atoms with E-state index < -0.39 is 11.8 Å². The molecule has 2 rings (SSSR count). The van der Waals surface area contributed by atoms with Gasteiger partial charge in [-0.2, -0.15) is 0 Å². The van der Waals surface area contributed by atoms with Crippen LogP contribution in [0.2, 0.25) is 0 Å². The molecule has 0 aliphatic carbocycles. The third-order valence-corrected chi connectivity index (χ3v) is 4.78. The maximum atomic E-state index is 12.2. The van der Waals surface area contributed by atoms with Gasteiger partial charge in [-0.15, -0.1) is 0 Å². The molecule has 9 heteroatoms. The molecule has 0 unspecified atom stereocenters. The van der Waals surface area contributed by atoms with Crippen LogP contribution in [0.1, 0.15) is 33.6 Å². The van der Waals surface area contributed by atoms with Crippen LogP contribution < -0.4 is 25.4 Å². The highest BCUT2D eigenvalue weighted by Gasteiger charge is 2.26. The van der Waals surface area contributed by atoms with Gasteiger partial charge in [0.15, 0.2) is 11.5 Å². The van der Waals surface area contributed by atoms with Gasteiger partial charge in [0.2, 0.25) is 0 Å². The lowest BCUT2D eigenvalue weighted by molar-refractivity contribution is -0.136. The number of methoxy groups -OCH3 is 2. The van der Waals surface area contributed by atoms with Crippen molar-refractivity contribution in [3.63, 3.8) is 0 Å². The van der Waals surface area contributed by atoms with E-state index in [2.05, 4.69) is 16.0 Å². The maximum absolute atomic E-state index is 12.2. The Morgan fingerprint density at radius 2 is 1.67 bits per heavy atom. The fourth-order valence-corrected chi connectivity index (χ4v) is 3.16. The molecule has 0 spiro atoms. The van der Waals surface area contributed by atoms with Crippen LogP contribution in [0.4, 0.5) is 10.5 Å². The standard InChI is InChI=1S/C21H32N4O5/c1-21(2,3)24-20(28)25-10-8-14(9-11-25)13-22-18(26)19(27)23-15-6-7-16(29-4)17(12-15)30-5/h6-7,12,14H,8-11,13H2,1-5H3,(H,22,26)(H,23,27)(H,24,28). The Bertz CT molecular complexity index is 767. The summed E-state index contributed by atoms with van der Waals surface area (Å²) in [4.78, 5) is 38.3. The normalized spacial score (nSPS) is 14.6. The van der Waals surface area contributed by atoms with Crippen LogP contribution in [0.15, 0.2) is 18.2 Å². The number of ether oxygens (including phenoxy) is 2. The number of hydrogen-bond acceptors (Lipinski definition) is 5. The summed E-state index contributed by atoms with van der Waals surface area (Å²) < 4.78 is 10.3. The molecule has 1 saturated heterocycles. The average Bonchev–Trinajstić information content (AvgIpc) is 2.70. The van der Waals surface area contributed by atoms with Gasteiger partial charge < -0.3 is 30.3 Å². The minimum absolute atomic E-state index is 0.0701. The molecule has 1 fully saturated rings. The molecule has 3 N–H and O–H groups in total. The number of nitrogens with one attached hydrogen (secondary N) is 3. The highest BCUT2D eigenvalue weighted by atomic mass is 16.5. The summed E-state index contributed by atoms with van der Waals surface area (Å²) in [7, 11) is 3.01. The van der Waals surface area contributed by atoms with Crippen LogP contribution in [0.25, 0.3) is 0 Å². The zero-order valence-corrected chi connectivity index (χ0v) is 18.3. The SMILES string of the molecule is COc1ccc(NC(=O)C(=O)NCC2CCN(C(=O)NC(C)(C)C)CC2)cc1OC. The molecule has 166 valence electrons. The minimum atomic E-state index is -0.746. The van der Waals surface area contributed by atoms with Crippen molar-refractivity contribution in [2.45, 2.75) is 39.2 Å². The number of rotatable bonds is 5. The number of nitrogens with zero attached hydrogens (tertiary/aromatic N) is 1. The Morgan fingerprint density at radius 3 is 2.23 bits per heavy atom. The molecule has 30 heavy (non-hydrogen) atoms. The Kier molecular flexibility index (Phi) is 7.91. The van der Waals surface area contributed by atoms with Gasteiger partial charge in [-0.3, -0.25) is 9.59 Å². The largest absolute Gasteiger partial charge is 0.493 e. The van der Waals surface area contributed by atoms with E-state index >= 15 is 0 Å². The lowest BCUT2D eigenvalue weighted by atomic mass is 9.97. The van der Waals surface area contributed by atoms with Crippen LogP contribution in [0.3, 0.4) is 0 Å². The number of urea groups is 1. The van der Waals surface area contributed by atoms with Crippen LogP contribution in [-0.2, 0) is 9.59 Å². The summed E-state index contributed by atoms with van der Waals surface area (Å²) in [6, 6.07) is 4.79. The van der Waals surface area contributed by atoms with Crippen LogP contribution in [0, 0.1) is 5.92 Å². The molecule has 1 aliphatic rings. The fraction of sp³-hybridized carbons (Fsp3) is 0.571. The van der Waals surface area contributed by atoms with E-state index in [1.54, 1.807) is 23.1 Å². The minimum Gasteiger partial charge on any atom is -0.493 e. The molecule has 1 aliphatic heterocycles. The Morgan fingerprint density at radius 1 is 1.03 bits per heavy atom. The zero-order valence-electron chi connectivity index (χ0n) is 18.3. The molecule has 9 nitrogen and oxygen atoms in total.